The van der Waals surface area contributed by atoms with Crippen LogP contribution in [0.2, 0.25) is 0 Å². The molecule has 0 unspecified atom stereocenters. The van der Waals surface area contributed by atoms with Gasteiger partial charge in [0.05, 0.1) is 0 Å². The number of allylic oxidation sites excluding steroid dienone is 1. The maximum Gasteiger partial charge on any atom is 0.133 e. The van der Waals surface area contributed by atoms with Crippen molar-refractivity contribution in [3.05, 3.63) is 12.2 Å². The van der Waals surface area contributed by atoms with Crippen LogP contribution in [0.15, 0.2) is 12.2 Å². The summed E-state index contributed by atoms with van der Waals surface area (Å²) in [7, 11) is 0. The lowest BCUT2D eigenvalue weighted by Crippen LogP contribution is -2.27. The Morgan fingerprint density at radius 3 is 2.08 bits per heavy atom. The molecule has 2 saturated carbocycles. The molecular weight excluding hydrogens is 148 g/mol. The van der Waals surface area contributed by atoms with Gasteiger partial charge in [-0.2, -0.15) is 0 Å². The number of rotatable bonds is 0. The van der Waals surface area contributed by atoms with Crippen molar-refractivity contribution < 1.29 is 4.79 Å². The van der Waals surface area contributed by atoms with E-state index in [-0.39, 0.29) is 7.43 Å². The van der Waals surface area contributed by atoms with Crippen LogP contribution in [-0.2, 0) is 4.79 Å². The smallest absolute Gasteiger partial charge is 0.133 e. The summed E-state index contributed by atoms with van der Waals surface area (Å²) in [4.78, 5) is 11.2. The van der Waals surface area contributed by atoms with Gasteiger partial charge in [-0.05, 0) is 31.1 Å². The largest absolute Gasteiger partial charge is 0.300 e. The van der Waals surface area contributed by atoms with E-state index in [4.69, 9.17) is 0 Å². The summed E-state index contributed by atoms with van der Waals surface area (Å²) < 4.78 is 0. The van der Waals surface area contributed by atoms with E-state index in [1.165, 1.54) is 12.0 Å². The number of ketones is 1. The van der Waals surface area contributed by atoms with E-state index in [9.17, 15) is 4.79 Å². The molecule has 2 bridgehead atoms. The Bertz CT molecular complexity index is 167. The zero-order chi connectivity index (χ0) is 7.84. The van der Waals surface area contributed by atoms with E-state index in [0.29, 0.717) is 17.6 Å². The molecule has 1 nitrogen and oxygen atoms in total. The molecule has 2 rings (SSSR count). The monoisotopic (exact) mass is 166 g/mol. The maximum absolute atomic E-state index is 11.2. The Labute approximate surface area is 74.9 Å². The van der Waals surface area contributed by atoms with Gasteiger partial charge < -0.3 is 0 Å². The first-order valence-electron chi connectivity index (χ1n) is 4.42. The van der Waals surface area contributed by atoms with E-state index in [2.05, 4.69) is 6.58 Å². The summed E-state index contributed by atoms with van der Waals surface area (Å²) in [5.74, 6) is 1.80. The molecule has 12 heavy (non-hydrogen) atoms. The summed E-state index contributed by atoms with van der Waals surface area (Å²) >= 11 is 0. The molecule has 0 radical (unpaired) electrons. The lowest BCUT2D eigenvalue weighted by atomic mass is 9.70. The zero-order valence-corrected chi connectivity index (χ0v) is 6.81. The van der Waals surface area contributed by atoms with Gasteiger partial charge in [0.2, 0.25) is 0 Å². The molecule has 0 N–H and O–H groups in total. The van der Waals surface area contributed by atoms with Crippen molar-refractivity contribution in [3.63, 3.8) is 0 Å². The highest BCUT2D eigenvalue weighted by molar-refractivity contribution is 5.79. The second kappa shape index (κ2) is 3.42. The molecule has 0 aromatic carbocycles. The normalized spacial score (nSPS) is 34.3. The first-order valence-corrected chi connectivity index (χ1v) is 4.42. The molecule has 0 spiro atoms. The minimum absolute atomic E-state index is 0. The Morgan fingerprint density at radius 1 is 1.08 bits per heavy atom. The van der Waals surface area contributed by atoms with Crippen molar-refractivity contribution in [2.24, 2.45) is 11.8 Å². The fraction of sp³-hybridized carbons (Fsp3) is 0.727. The third-order valence-electron chi connectivity index (χ3n) is 2.85. The highest BCUT2D eigenvalue weighted by Crippen LogP contribution is 2.39. The predicted molar refractivity (Wildman–Crippen MR) is 50.9 cm³/mol. The fourth-order valence-electron chi connectivity index (χ4n) is 2.58. The molecule has 0 aromatic rings. The SMILES string of the molecule is C.C=C1C[C@@H]2CC(=O)C[C@H](C1)C2. The molecular formula is C11H18O. The third kappa shape index (κ3) is 1.77. The van der Waals surface area contributed by atoms with E-state index < -0.39 is 0 Å². The molecule has 2 aliphatic rings. The van der Waals surface area contributed by atoms with Crippen molar-refractivity contribution in [2.45, 2.75) is 39.5 Å². The summed E-state index contributed by atoms with van der Waals surface area (Å²) in [5, 5.41) is 0. The van der Waals surface area contributed by atoms with Gasteiger partial charge in [-0.3, -0.25) is 4.79 Å². The van der Waals surface area contributed by atoms with Gasteiger partial charge in [0, 0.05) is 12.8 Å². The van der Waals surface area contributed by atoms with Crippen molar-refractivity contribution >= 4 is 5.78 Å². The van der Waals surface area contributed by atoms with Crippen LogP contribution in [0.25, 0.3) is 0 Å². The molecule has 2 fully saturated rings. The standard InChI is InChI=1S/C10H14O.CH4/c1-7-2-8-4-9(3-7)6-10(11)5-8;/h8-9H,1-6H2;1H4/t8-,9+;. The van der Waals surface area contributed by atoms with E-state index in [1.54, 1.807) is 0 Å². The van der Waals surface area contributed by atoms with Gasteiger partial charge in [-0.25, -0.2) is 0 Å². The minimum Gasteiger partial charge on any atom is -0.300 e. The predicted octanol–water partition coefficient (Wildman–Crippen LogP) is 2.96. The zero-order valence-electron chi connectivity index (χ0n) is 6.81. The first kappa shape index (κ1) is 9.50. The van der Waals surface area contributed by atoms with Gasteiger partial charge in [0.1, 0.15) is 5.78 Å². The lowest BCUT2D eigenvalue weighted by Gasteiger charge is -2.34. The van der Waals surface area contributed by atoms with Crippen LogP contribution in [0.3, 0.4) is 0 Å². The first-order chi connectivity index (χ1) is 5.24. The number of carbonyl (C=O) groups excluding carboxylic acids is 1. The second-order valence-electron chi connectivity index (χ2n) is 4.07. The van der Waals surface area contributed by atoms with Gasteiger partial charge in [-0.15, -0.1) is 0 Å². The van der Waals surface area contributed by atoms with Crippen molar-refractivity contribution in [3.8, 4) is 0 Å². The topological polar surface area (TPSA) is 17.1 Å². The molecule has 0 aliphatic heterocycles. The average molecular weight is 166 g/mol. The van der Waals surface area contributed by atoms with Crippen LogP contribution < -0.4 is 0 Å². The molecule has 0 heterocycles. The lowest BCUT2D eigenvalue weighted by molar-refractivity contribution is -0.123. The van der Waals surface area contributed by atoms with Gasteiger partial charge in [0.25, 0.3) is 0 Å². The van der Waals surface area contributed by atoms with Gasteiger partial charge >= 0.3 is 0 Å². The Morgan fingerprint density at radius 2 is 1.58 bits per heavy atom. The molecule has 68 valence electrons. The quantitative estimate of drug-likeness (QED) is 0.506. The van der Waals surface area contributed by atoms with E-state index >= 15 is 0 Å². The molecule has 1 heteroatoms. The summed E-state index contributed by atoms with van der Waals surface area (Å²) in [5.41, 5.74) is 1.37. The van der Waals surface area contributed by atoms with Crippen LogP contribution in [0.5, 0.6) is 0 Å². The fourth-order valence-corrected chi connectivity index (χ4v) is 2.58. The maximum atomic E-state index is 11.2. The summed E-state index contributed by atoms with van der Waals surface area (Å²) in [6.45, 7) is 4.01. The second-order valence-corrected chi connectivity index (χ2v) is 4.07. The molecule has 2 aliphatic carbocycles. The highest BCUT2D eigenvalue weighted by atomic mass is 16.1. The molecule has 0 saturated heterocycles. The van der Waals surface area contributed by atoms with Crippen LogP contribution >= 0.6 is 0 Å². The average Bonchev–Trinajstić information content (AvgIpc) is 1.82. The number of hydrogen-bond donors (Lipinski definition) is 0. The van der Waals surface area contributed by atoms with Crippen LogP contribution in [0.4, 0.5) is 0 Å². The third-order valence-corrected chi connectivity index (χ3v) is 2.85. The Hall–Kier alpha value is -0.590. The van der Waals surface area contributed by atoms with E-state index in [1.807, 2.05) is 0 Å². The van der Waals surface area contributed by atoms with E-state index in [0.717, 1.165) is 25.7 Å². The van der Waals surface area contributed by atoms with Crippen molar-refractivity contribution in [2.75, 3.05) is 0 Å². The number of carbonyl (C=O) groups is 1. The Balaban J connectivity index is 0.000000720. The van der Waals surface area contributed by atoms with Crippen molar-refractivity contribution in [1.29, 1.82) is 0 Å². The Kier molecular flexibility index (Phi) is 2.71. The number of fused-ring (bicyclic) bond motifs is 2. The molecule has 2 atom stereocenters. The van der Waals surface area contributed by atoms with Gasteiger partial charge in [0.15, 0.2) is 0 Å². The minimum atomic E-state index is 0. The number of hydrogen-bond acceptors (Lipinski definition) is 1. The van der Waals surface area contributed by atoms with Crippen LogP contribution in [0.1, 0.15) is 39.5 Å². The highest BCUT2D eigenvalue weighted by Gasteiger charge is 2.31. The summed E-state index contributed by atoms with van der Waals surface area (Å²) in [6, 6.07) is 0. The van der Waals surface area contributed by atoms with Crippen molar-refractivity contribution in [1.82, 2.24) is 0 Å². The van der Waals surface area contributed by atoms with Crippen LogP contribution in [0, 0.1) is 11.8 Å². The number of Topliss-reactive ketones (excluding diaryl/α,β-unsaturated/α-hetero) is 1. The molecule has 0 amide bonds. The summed E-state index contributed by atoms with van der Waals surface area (Å²) in [6.07, 6.45) is 5.17. The molecule has 0 aromatic heterocycles. The van der Waals surface area contributed by atoms with Crippen LogP contribution in [-0.4, -0.2) is 5.78 Å². The van der Waals surface area contributed by atoms with Gasteiger partial charge in [-0.1, -0.05) is 19.6 Å².